The van der Waals surface area contributed by atoms with E-state index in [-0.39, 0.29) is 5.19 Å². The lowest BCUT2D eigenvalue weighted by molar-refractivity contribution is 0.952. The Morgan fingerprint density at radius 3 is 1.37 bits per heavy atom. The van der Waals surface area contributed by atoms with Crippen molar-refractivity contribution in [1.29, 1.82) is 0 Å². The van der Waals surface area contributed by atoms with Crippen molar-refractivity contribution in [3.8, 4) is 23.0 Å². The van der Waals surface area contributed by atoms with Crippen molar-refractivity contribution in [3.63, 3.8) is 0 Å². The first kappa shape index (κ1) is 14.3. The third-order valence-corrected chi connectivity index (χ3v) is 13.5. The van der Waals surface area contributed by atoms with E-state index in [2.05, 4.69) is 9.97 Å². The molecule has 0 spiro atoms. The standard InChI is InChI=1S/C52H36N4Si/c1-4-20-38(21-5-1)57(39-22-6-2-7-23-39,40-24-8-3-9-25-40)41-26-18-19-37(35-41)46-36-51(55-47-31-14-10-27-42(47)43-28-11-15-32-48(43)55)54-52(53-46)56-49-33-16-12-29-44(49)45-30-13-17-34-50(45)56/h1-36H/i1D,2D,4D,5D,6D,7D,10D,11D,12D,13D,14D,15D,16D,17D,18D,19D,20D,21D,22D,23D,26D,27D,28D,29D,30D,31D,32D,33D,34D,35D,36D. The summed E-state index contributed by atoms with van der Waals surface area (Å²) in [7, 11) is -5.78. The van der Waals surface area contributed by atoms with Gasteiger partial charge in [0.25, 0.3) is 0 Å². The number of aromatic nitrogens is 4. The van der Waals surface area contributed by atoms with E-state index in [4.69, 9.17) is 24.7 Å². The number of fused-ring (bicyclic) bond motifs is 6. The zero-order chi connectivity index (χ0) is 64.7. The number of rotatable bonds is 7. The van der Waals surface area contributed by atoms with Crippen LogP contribution >= 0.6 is 0 Å². The fourth-order valence-electron chi connectivity index (χ4n) is 6.98. The largest absolute Gasteiger partial charge is 0.294 e. The molecule has 0 radical (unpaired) electrons. The van der Waals surface area contributed by atoms with Crippen LogP contribution in [0.2, 0.25) is 0 Å². The van der Waals surface area contributed by atoms with Crippen LogP contribution in [-0.2, 0) is 0 Å². The van der Waals surface area contributed by atoms with Crippen LogP contribution in [0.5, 0.6) is 0 Å². The number of benzene rings is 8. The minimum Gasteiger partial charge on any atom is -0.294 e. The second-order valence-corrected chi connectivity index (χ2v) is 15.8. The third kappa shape index (κ3) is 5.20. The van der Waals surface area contributed by atoms with Crippen LogP contribution in [0, 0.1) is 0 Å². The van der Waals surface area contributed by atoms with Gasteiger partial charge in [-0.15, -0.1) is 0 Å². The first-order chi connectivity index (χ1) is 41.2. The Morgan fingerprint density at radius 2 is 0.842 bits per heavy atom. The summed E-state index contributed by atoms with van der Waals surface area (Å²) >= 11 is 0. The molecular weight excluding hydrogens is 709 g/mol. The molecule has 0 saturated heterocycles. The fourth-order valence-corrected chi connectivity index (χ4v) is 10.9. The van der Waals surface area contributed by atoms with E-state index in [0.29, 0.717) is 9.13 Å². The van der Waals surface area contributed by atoms with Crippen LogP contribution in [-0.4, -0.2) is 27.2 Å². The first-order valence-electron chi connectivity index (χ1n) is 32.4. The molecule has 0 aliphatic carbocycles. The highest BCUT2D eigenvalue weighted by molar-refractivity contribution is 7.19. The molecule has 3 heterocycles. The summed E-state index contributed by atoms with van der Waals surface area (Å²) < 4.78 is 287. The SMILES string of the molecule is [2H]c1c(-c2c([2H])c([2H])c([2H])c([Si](c3ccccc3)(c3c([2H])c([2H])c([2H])c([2H])c3[2H])c3c([2H])c([2H])c([2H])c([2H])c3[2H])c2[2H])nc(-n2c3c([2H])c([2H])c([2H])c([2H])c3c3c([2H])c([2H])c([2H])c([2H])c32)nc1-n1c2c([2H])c([2H])c([2H])c([2H])c2c2c([2H])c([2H])c([2H])c([2H])c21. The van der Waals surface area contributed by atoms with E-state index < -0.39 is 278 Å². The Balaban J connectivity index is 1.48. The Kier molecular flexibility index (Phi) is 3.37. The summed E-state index contributed by atoms with van der Waals surface area (Å²) in [6.07, 6.45) is 0. The highest BCUT2D eigenvalue weighted by Crippen LogP contribution is 2.35. The van der Waals surface area contributed by atoms with Crippen molar-refractivity contribution in [2.24, 2.45) is 0 Å². The maximum atomic E-state index is 10.6. The molecule has 268 valence electrons. The van der Waals surface area contributed by atoms with Crippen molar-refractivity contribution in [2.45, 2.75) is 0 Å². The molecule has 0 aliphatic heterocycles. The van der Waals surface area contributed by atoms with Crippen molar-refractivity contribution >= 4 is 72.4 Å². The molecule has 3 aromatic heterocycles. The zero-order valence-corrected chi connectivity index (χ0v) is 29.7. The molecule has 8 aromatic carbocycles. The number of nitrogens with zero attached hydrogens (tertiary/aromatic N) is 4. The summed E-state index contributed by atoms with van der Waals surface area (Å²) in [4.78, 5) is 9.30. The van der Waals surface area contributed by atoms with Crippen LogP contribution in [0.15, 0.2) is 218 Å². The number of hydrogen-bond acceptors (Lipinski definition) is 2. The molecule has 11 aromatic rings. The van der Waals surface area contributed by atoms with E-state index in [9.17, 15) is 17.8 Å². The minimum atomic E-state index is -5.78. The van der Waals surface area contributed by atoms with Gasteiger partial charge in [0.1, 0.15) is 5.82 Å². The van der Waals surface area contributed by atoms with Gasteiger partial charge >= 0.3 is 0 Å². The van der Waals surface area contributed by atoms with Crippen LogP contribution in [0.25, 0.3) is 66.6 Å². The Hall–Kier alpha value is -7.34. The monoisotopic (exact) mass is 775 g/mol. The fraction of sp³-hybridized carbons (Fsp3) is 0. The zero-order valence-electron chi connectivity index (χ0n) is 59.7. The molecule has 57 heavy (non-hydrogen) atoms. The van der Waals surface area contributed by atoms with Gasteiger partial charge in [0.2, 0.25) is 5.95 Å². The maximum Gasteiger partial charge on any atom is 0.237 e. The second-order valence-electron chi connectivity index (χ2n) is 12.3. The van der Waals surface area contributed by atoms with Crippen molar-refractivity contribution in [3.05, 3.63) is 218 Å². The normalized spacial score (nSPS) is 19.5. The van der Waals surface area contributed by atoms with Crippen LogP contribution in [0.1, 0.15) is 42.5 Å². The van der Waals surface area contributed by atoms with Gasteiger partial charge in [-0.2, -0.15) is 4.98 Å². The van der Waals surface area contributed by atoms with Gasteiger partial charge < -0.3 is 0 Å². The predicted molar refractivity (Wildman–Crippen MR) is 240 cm³/mol. The molecule has 0 aliphatic rings. The number of para-hydroxylation sites is 4. The summed E-state index contributed by atoms with van der Waals surface area (Å²) in [5.41, 5.74) is -4.94. The lowest BCUT2D eigenvalue weighted by Gasteiger charge is -2.34. The predicted octanol–water partition coefficient (Wildman–Crippen LogP) is 9.72. The summed E-state index contributed by atoms with van der Waals surface area (Å²) in [5.74, 6) is -2.05. The average molecular weight is 776 g/mol. The third-order valence-electron chi connectivity index (χ3n) is 9.32. The van der Waals surface area contributed by atoms with E-state index >= 15 is 0 Å². The molecule has 0 saturated carbocycles. The minimum absolute atomic E-state index is 0.241. The molecular formula is C52H36N4Si. The van der Waals surface area contributed by atoms with Gasteiger partial charge in [0, 0.05) is 33.2 Å². The summed E-state index contributed by atoms with van der Waals surface area (Å²) in [6.45, 7) is 0. The first-order valence-corrected chi connectivity index (χ1v) is 18.9. The highest BCUT2D eigenvalue weighted by Gasteiger charge is 2.41. The quantitative estimate of drug-likeness (QED) is 0.119. The maximum absolute atomic E-state index is 10.6. The summed E-state index contributed by atoms with van der Waals surface area (Å²) in [6, 6.07) is -24.4. The van der Waals surface area contributed by atoms with Gasteiger partial charge in [0.15, 0.2) is 8.07 Å². The van der Waals surface area contributed by atoms with Gasteiger partial charge in [-0.05, 0) is 44.9 Å². The molecule has 5 heteroatoms. The number of hydrogen-bond donors (Lipinski definition) is 0. The van der Waals surface area contributed by atoms with E-state index in [1.54, 1.807) is 0 Å². The van der Waals surface area contributed by atoms with Crippen LogP contribution in [0.3, 0.4) is 0 Å². The molecule has 0 fully saturated rings. The Morgan fingerprint density at radius 1 is 0.386 bits per heavy atom. The van der Waals surface area contributed by atoms with Gasteiger partial charge in [0.05, 0.1) is 70.3 Å². The van der Waals surface area contributed by atoms with Crippen molar-refractivity contribution < 1.29 is 42.5 Å². The molecule has 0 amide bonds. The van der Waals surface area contributed by atoms with E-state index in [1.807, 2.05) is 0 Å². The van der Waals surface area contributed by atoms with Gasteiger partial charge in [-0.25, -0.2) is 4.98 Å². The van der Waals surface area contributed by atoms with Gasteiger partial charge in [-0.1, -0.05) is 187 Å². The molecule has 11 rings (SSSR count). The second kappa shape index (κ2) is 13.4. The van der Waals surface area contributed by atoms with Crippen molar-refractivity contribution in [1.82, 2.24) is 19.1 Å². The molecule has 0 atom stereocenters. The van der Waals surface area contributed by atoms with Gasteiger partial charge in [-0.3, -0.25) is 9.13 Å². The lowest BCUT2D eigenvalue weighted by Crippen LogP contribution is -2.74. The smallest absolute Gasteiger partial charge is 0.237 e. The summed E-state index contributed by atoms with van der Waals surface area (Å²) in [5, 5.41) is -5.12. The molecule has 0 bridgehead atoms. The van der Waals surface area contributed by atoms with Crippen LogP contribution < -0.4 is 20.7 Å². The Bertz CT molecular complexity index is 4780. The average Bonchev–Trinajstić information content (AvgIpc) is 1.40. The topological polar surface area (TPSA) is 35.6 Å². The van der Waals surface area contributed by atoms with E-state index in [1.165, 1.54) is 30.3 Å². The molecule has 4 nitrogen and oxygen atoms in total. The molecule has 0 unspecified atom stereocenters. The molecule has 0 N–H and O–H groups in total. The van der Waals surface area contributed by atoms with E-state index in [0.717, 1.165) is 0 Å². The van der Waals surface area contributed by atoms with Crippen LogP contribution in [0.4, 0.5) is 0 Å². The van der Waals surface area contributed by atoms with Crippen molar-refractivity contribution in [2.75, 3.05) is 0 Å². The highest BCUT2D eigenvalue weighted by atomic mass is 28.3. The lowest BCUT2D eigenvalue weighted by atomic mass is 10.1. The Labute approximate surface area is 375 Å².